The van der Waals surface area contributed by atoms with Crippen molar-refractivity contribution in [3.8, 4) is 0 Å². The quantitative estimate of drug-likeness (QED) is 0.339. The van der Waals surface area contributed by atoms with Crippen LogP contribution < -0.4 is 5.32 Å². The Kier molecular flexibility index (Phi) is 5.55. The van der Waals surface area contributed by atoms with Gasteiger partial charge in [-0.25, -0.2) is 4.98 Å². The highest BCUT2D eigenvalue weighted by Gasteiger charge is 2.17. The minimum atomic E-state index is -0.288. The van der Waals surface area contributed by atoms with E-state index in [0.29, 0.717) is 17.3 Å². The zero-order chi connectivity index (χ0) is 21.6. The van der Waals surface area contributed by atoms with Crippen LogP contribution in [-0.2, 0) is 6.42 Å². The van der Waals surface area contributed by atoms with Gasteiger partial charge in [-0.1, -0.05) is 27.3 Å². The van der Waals surface area contributed by atoms with E-state index in [4.69, 9.17) is 4.42 Å². The number of carbonyl (C=O) groups is 1. The summed E-state index contributed by atoms with van der Waals surface area (Å²) in [7, 11) is 0. The normalized spacial score (nSPS) is 11.3. The number of thiazole rings is 1. The first kappa shape index (κ1) is 20.8. The van der Waals surface area contributed by atoms with Crippen molar-refractivity contribution in [2.75, 3.05) is 5.32 Å². The third kappa shape index (κ3) is 3.82. The molecule has 0 saturated heterocycles. The number of furan rings is 1. The van der Waals surface area contributed by atoms with Crippen molar-refractivity contribution in [1.82, 2.24) is 4.98 Å². The van der Waals surface area contributed by atoms with Crippen molar-refractivity contribution in [3.63, 3.8) is 0 Å². The molecular weight excluding hydrogens is 460 g/mol. The first-order valence-corrected chi connectivity index (χ1v) is 11.4. The fourth-order valence-corrected chi connectivity index (χ4v) is 5.14. The third-order valence-corrected chi connectivity index (χ3v) is 7.39. The average Bonchev–Trinajstić information content (AvgIpc) is 3.34. The van der Waals surface area contributed by atoms with E-state index in [2.05, 4.69) is 60.8 Å². The highest BCUT2D eigenvalue weighted by molar-refractivity contribution is 9.10. The second-order valence-electron chi connectivity index (χ2n) is 7.63. The third-order valence-electron chi connectivity index (χ3n) is 5.96. The highest BCUT2D eigenvalue weighted by atomic mass is 79.9. The molecule has 4 nitrogen and oxygen atoms in total. The molecule has 0 aliphatic rings. The lowest BCUT2D eigenvalue weighted by Gasteiger charge is -2.18. The van der Waals surface area contributed by atoms with E-state index in [1.54, 1.807) is 6.07 Å². The molecular formula is C24H23BrN2O2S. The number of aromatic nitrogens is 1. The lowest BCUT2D eigenvalue weighted by Crippen LogP contribution is -2.10. The molecule has 30 heavy (non-hydrogen) atoms. The number of hydrogen-bond acceptors (Lipinski definition) is 4. The second kappa shape index (κ2) is 8.00. The van der Waals surface area contributed by atoms with E-state index in [-0.39, 0.29) is 5.91 Å². The molecule has 0 aliphatic carbocycles. The van der Waals surface area contributed by atoms with E-state index in [9.17, 15) is 4.79 Å². The van der Waals surface area contributed by atoms with Gasteiger partial charge in [0, 0.05) is 10.9 Å². The number of amides is 1. The number of rotatable bonds is 4. The maximum Gasteiger partial charge on any atom is 0.293 e. The molecule has 154 valence electrons. The summed E-state index contributed by atoms with van der Waals surface area (Å²) >= 11 is 4.90. The lowest BCUT2D eigenvalue weighted by molar-refractivity contribution is 0.0995. The van der Waals surface area contributed by atoms with Crippen molar-refractivity contribution < 1.29 is 9.21 Å². The van der Waals surface area contributed by atoms with Gasteiger partial charge in [-0.05, 0) is 98.3 Å². The number of halogens is 1. The van der Waals surface area contributed by atoms with Crippen LogP contribution in [0.15, 0.2) is 39.2 Å². The molecule has 0 aliphatic heterocycles. The Balaban J connectivity index is 1.55. The first-order chi connectivity index (χ1) is 14.2. The molecule has 0 saturated carbocycles. The smallest absolute Gasteiger partial charge is 0.293 e. The van der Waals surface area contributed by atoms with E-state index >= 15 is 0 Å². The van der Waals surface area contributed by atoms with Crippen LogP contribution in [0, 0.1) is 34.6 Å². The fourth-order valence-electron chi connectivity index (χ4n) is 3.72. The summed E-state index contributed by atoms with van der Waals surface area (Å²) in [6, 6.07) is 9.46. The number of anilines is 1. The van der Waals surface area contributed by atoms with Gasteiger partial charge in [-0.3, -0.25) is 10.1 Å². The molecule has 0 spiro atoms. The Morgan fingerprint density at radius 3 is 2.37 bits per heavy atom. The SMILES string of the molecule is Cc1c(C)c(C)c(Cc2ccc(C(=O)Nc3nc4ccc(Br)cc4s3)o2)c(C)c1C. The number of carbonyl (C=O) groups excluding carboxylic acids is 1. The second-order valence-corrected chi connectivity index (χ2v) is 9.58. The molecule has 0 radical (unpaired) electrons. The maximum atomic E-state index is 12.7. The Morgan fingerprint density at radius 2 is 1.67 bits per heavy atom. The van der Waals surface area contributed by atoms with Crippen molar-refractivity contribution in [2.45, 2.75) is 41.0 Å². The number of hydrogen-bond donors (Lipinski definition) is 1. The summed E-state index contributed by atoms with van der Waals surface area (Å²) in [5.74, 6) is 0.785. The Bertz CT molecular complexity index is 1260. The molecule has 2 heterocycles. The molecule has 0 unspecified atom stereocenters. The number of benzene rings is 2. The van der Waals surface area contributed by atoms with Crippen LogP contribution >= 0.6 is 27.3 Å². The molecule has 0 atom stereocenters. The Morgan fingerprint density at radius 1 is 1.00 bits per heavy atom. The minimum absolute atomic E-state index is 0.288. The minimum Gasteiger partial charge on any atom is -0.456 e. The Hall–Kier alpha value is -2.44. The van der Waals surface area contributed by atoms with E-state index in [1.807, 2.05) is 24.3 Å². The van der Waals surface area contributed by atoms with Crippen LogP contribution in [0.1, 0.15) is 49.7 Å². The molecule has 4 aromatic rings. The largest absolute Gasteiger partial charge is 0.456 e. The molecule has 6 heteroatoms. The number of fused-ring (bicyclic) bond motifs is 1. The van der Waals surface area contributed by atoms with Gasteiger partial charge in [-0.2, -0.15) is 0 Å². The lowest BCUT2D eigenvalue weighted by atomic mass is 9.88. The van der Waals surface area contributed by atoms with Gasteiger partial charge in [0.1, 0.15) is 5.76 Å². The Labute approximate surface area is 188 Å². The monoisotopic (exact) mass is 482 g/mol. The van der Waals surface area contributed by atoms with Crippen LogP contribution in [-0.4, -0.2) is 10.9 Å². The maximum absolute atomic E-state index is 12.7. The predicted molar refractivity (Wildman–Crippen MR) is 127 cm³/mol. The number of nitrogens with zero attached hydrogens (tertiary/aromatic N) is 1. The van der Waals surface area contributed by atoms with Gasteiger partial charge < -0.3 is 4.42 Å². The first-order valence-electron chi connectivity index (χ1n) is 9.76. The van der Waals surface area contributed by atoms with Gasteiger partial charge in [0.05, 0.1) is 10.2 Å². The standard InChI is InChI=1S/C24H23BrN2O2S/c1-12-13(2)15(4)19(16(5)14(12)3)11-18-7-9-21(29-18)23(28)27-24-26-20-8-6-17(25)10-22(20)30-24/h6-10H,11H2,1-5H3,(H,26,27,28). The number of nitrogens with one attached hydrogen (secondary N) is 1. The van der Waals surface area contributed by atoms with Gasteiger partial charge in [0.2, 0.25) is 0 Å². The zero-order valence-electron chi connectivity index (χ0n) is 17.6. The van der Waals surface area contributed by atoms with Crippen LogP contribution in [0.5, 0.6) is 0 Å². The van der Waals surface area contributed by atoms with Crippen molar-refractivity contribution >= 4 is 48.5 Å². The van der Waals surface area contributed by atoms with E-state index < -0.39 is 0 Å². The van der Waals surface area contributed by atoms with Gasteiger partial charge in [0.25, 0.3) is 5.91 Å². The average molecular weight is 483 g/mol. The van der Waals surface area contributed by atoms with Crippen LogP contribution in [0.25, 0.3) is 10.2 Å². The molecule has 1 N–H and O–H groups in total. The molecule has 4 rings (SSSR count). The highest BCUT2D eigenvalue weighted by Crippen LogP contribution is 2.30. The van der Waals surface area contributed by atoms with Crippen LogP contribution in [0.4, 0.5) is 5.13 Å². The fraction of sp³-hybridized carbons (Fsp3) is 0.250. The summed E-state index contributed by atoms with van der Waals surface area (Å²) in [4.78, 5) is 17.1. The molecule has 1 amide bonds. The molecule has 2 aromatic heterocycles. The van der Waals surface area contributed by atoms with E-state index in [1.165, 1.54) is 44.7 Å². The molecule has 0 fully saturated rings. The predicted octanol–water partition coefficient (Wildman–Crippen LogP) is 7.04. The van der Waals surface area contributed by atoms with Crippen molar-refractivity contribution in [2.24, 2.45) is 0 Å². The van der Waals surface area contributed by atoms with E-state index in [0.717, 1.165) is 20.4 Å². The van der Waals surface area contributed by atoms with Gasteiger partial charge >= 0.3 is 0 Å². The van der Waals surface area contributed by atoms with Crippen LogP contribution in [0.3, 0.4) is 0 Å². The summed E-state index contributed by atoms with van der Waals surface area (Å²) in [6.45, 7) is 10.8. The zero-order valence-corrected chi connectivity index (χ0v) is 20.0. The summed E-state index contributed by atoms with van der Waals surface area (Å²) in [6.07, 6.45) is 0.669. The van der Waals surface area contributed by atoms with Crippen LogP contribution in [0.2, 0.25) is 0 Å². The van der Waals surface area contributed by atoms with Gasteiger partial charge in [0.15, 0.2) is 10.9 Å². The topological polar surface area (TPSA) is 55.1 Å². The summed E-state index contributed by atoms with van der Waals surface area (Å²) in [5.41, 5.74) is 8.69. The molecule has 2 aromatic carbocycles. The molecule has 0 bridgehead atoms. The summed E-state index contributed by atoms with van der Waals surface area (Å²) in [5, 5.41) is 3.41. The van der Waals surface area contributed by atoms with Crippen molar-refractivity contribution in [1.29, 1.82) is 0 Å². The van der Waals surface area contributed by atoms with Gasteiger partial charge in [-0.15, -0.1) is 0 Å². The van der Waals surface area contributed by atoms with Crippen molar-refractivity contribution in [3.05, 3.63) is 79.7 Å². The summed E-state index contributed by atoms with van der Waals surface area (Å²) < 4.78 is 7.89.